The molecular weight excluding hydrogens is 246 g/mol. The molecule has 0 heterocycles. The Morgan fingerprint density at radius 2 is 1.95 bits per heavy atom. The number of ether oxygens (including phenoxy) is 2. The second kappa shape index (κ2) is 8.26. The van der Waals surface area contributed by atoms with E-state index in [0.717, 1.165) is 5.56 Å². The highest BCUT2D eigenvalue weighted by Gasteiger charge is 2.21. The molecule has 0 amide bonds. The molecule has 0 bridgehead atoms. The molecule has 0 saturated carbocycles. The number of hydrogen-bond donors (Lipinski definition) is 1. The quantitative estimate of drug-likeness (QED) is 0.756. The summed E-state index contributed by atoms with van der Waals surface area (Å²) in [5.41, 5.74) is 0.811. The van der Waals surface area contributed by atoms with Gasteiger partial charge in [-0.05, 0) is 12.5 Å². The third-order valence-corrected chi connectivity index (χ3v) is 2.56. The van der Waals surface area contributed by atoms with Crippen LogP contribution in [0, 0.1) is 0 Å². The van der Waals surface area contributed by atoms with E-state index in [1.165, 1.54) is 7.11 Å². The zero-order chi connectivity index (χ0) is 14.1. The summed E-state index contributed by atoms with van der Waals surface area (Å²) in [6.45, 7) is 2.43. The lowest BCUT2D eigenvalue weighted by molar-refractivity contribution is -0.146. The third-order valence-electron chi connectivity index (χ3n) is 2.56. The van der Waals surface area contributed by atoms with Crippen LogP contribution in [0.5, 0.6) is 0 Å². The van der Waals surface area contributed by atoms with Crippen molar-refractivity contribution in [2.45, 2.75) is 19.4 Å². The summed E-state index contributed by atoms with van der Waals surface area (Å²) < 4.78 is 9.58. The van der Waals surface area contributed by atoms with Gasteiger partial charge in [0.15, 0.2) is 0 Å². The van der Waals surface area contributed by atoms with Crippen molar-refractivity contribution in [1.29, 1.82) is 0 Å². The number of benzene rings is 1. The number of esters is 2. The third kappa shape index (κ3) is 5.09. The minimum atomic E-state index is -0.564. The fraction of sp³-hybridized carbons (Fsp3) is 0.429. The van der Waals surface area contributed by atoms with Crippen molar-refractivity contribution < 1.29 is 19.1 Å². The van der Waals surface area contributed by atoms with Crippen LogP contribution in [0.3, 0.4) is 0 Å². The Bertz CT molecular complexity index is 405. The molecule has 1 atom stereocenters. The highest BCUT2D eigenvalue weighted by atomic mass is 16.5. The molecule has 0 spiro atoms. The van der Waals surface area contributed by atoms with Crippen LogP contribution in [-0.4, -0.2) is 32.2 Å². The first-order valence-electron chi connectivity index (χ1n) is 6.20. The number of carbonyl (C=O) groups is 2. The van der Waals surface area contributed by atoms with Crippen molar-refractivity contribution in [3.63, 3.8) is 0 Å². The van der Waals surface area contributed by atoms with E-state index in [-0.39, 0.29) is 18.4 Å². The van der Waals surface area contributed by atoms with Gasteiger partial charge >= 0.3 is 11.9 Å². The Kier molecular flexibility index (Phi) is 6.60. The van der Waals surface area contributed by atoms with Gasteiger partial charge in [0.2, 0.25) is 0 Å². The predicted octanol–water partition coefficient (Wildman–Crippen LogP) is 1.44. The number of hydrogen-bond acceptors (Lipinski definition) is 5. The van der Waals surface area contributed by atoms with Gasteiger partial charge in [0.1, 0.15) is 6.04 Å². The van der Waals surface area contributed by atoms with Crippen LogP contribution < -0.4 is 5.32 Å². The predicted molar refractivity (Wildman–Crippen MR) is 70.5 cm³/mol. The second-order valence-corrected chi connectivity index (χ2v) is 3.88. The molecule has 0 aliphatic carbocycles. The van der Waals surface area contributed by atoms with Crippen LogP contribution in [0.4, 0.5) is 0 Å². The van der Waals surface area contributed by atoms with Crippen molar-refractivity contribution in [2.75, 3.05) is 20.3 Å². The zero-order valence-electron chi connectivity index (χ0n) is 11.2. The van der Waals surface area contributed by atoms with Gasteiger partial charge in [-0.3, -0.25) is 4.79 Å². The van der Waals surface area contributed by atoms with E-state index in [2.05, 4.69) is 10.1 Å². The molecule has 5 nitrogen and oxygen atoms in total. The van der Waals surface area contributed by atoms with Gasteiger partial charge in [0.25, 0.3) is 0 Å². The fourth-order valence-electron chi connectivity index (χ4n) is 1.63. The number of methoxy groups -OCH3 is 1. The van der Waals surface area contributed by atoms with E-state index in [9.17, 15) is 9.59 Å². The van der Waals surface area contributed by atoms with E-state index in [4.69, 9.17) is 4.74 Å². The maximum atomic E-state index is 11.9. The first-order valence-corrected chi connectivity index (χ1v) is 6.20. The highest BCUT2D eigenvalue weighted by molar-refractivity contribution is 5.77. The summed E-state index contributed by atoms with van der Waals surface area (Å²) in [7, 11) is 1.34. The standard InChI is InChI=1S/C14H19NO4/c1-3-19-14(17)13(11-7-5-4-6-8-11)15-10-9-12(16)18-2/h4-8,13,15H,3,9-10H2,1-2H3. The molecule has 1 aromatic carbocycles. The fourth-order valence-corrected chi connectivity index (χ4v) is 1.63. The average molecular weight is 265 g/mol. The minimum Gasteiger partial charge on any atom is -0.469 e. The Morgan fingerprint density at radius 3 is 2.53 bits per heavy atom. The van der Waals surface area contributed by atoms with E-state index in [0.29, 0.717) is 13.2 Å². The zero-order valence-corrected chi connectivity index (χ0v) is 11.2. The SMILES string of the molecule is CCOC(=O)C(NCCC(=O)OC)c1ccccc1. The second-order valence-electron chi connectivity index (χ2n) is 3.88. The summed E-state index contributed by atoms with van der Waals surface area (Å²) in [5.74, 6) is -0.665. The maximum Gasteiger partial charge on any atom is 0.327 e. The summed E-state index contributed by atoms with van der Waals surface area (Å²) in [4.78, 5) is 22.9. The van der Waals surface area contributed by atoms with Gasteiger partial charge in [0, 0.05) is 6.54 Å². The lowest BCUT2D eigenvalue weighted by Gasteiger charge is -2.17. The number of carbonyl (C=O) groups excluding carboxylic acids is 2. The summed E-state index contributed by atoms with van der Waals surface area (Å²) in [6.07, 6.45) is 0.208. The van der Waals surface area contributed by atoms with E-state index in [1.54, 1.807) is 6.92 Å². The van der Waals surface area contributed by atoms with Gasteiger partial charge in [0.05, 0.1) is 20.1 Å². The molecule has 0 aliphatic heterocycles. The summed E-state index contributed by atoms with van der Waals surface area (Å²) >= 11 is 0. The van der Waals surface area contributed by atoms with Gasteiger partial charge in [-0.15, -0.1) is 0 Å². The van der Waals surface area contributed by atoms with Crippen LogP contribution in [0.25, 0.3) is 0 Å². The molecule has 0 saturated heterocycles. The lowest BCUT2D eigenvalue weighted by atomic mass is 10.1. The van der Waals surface area contributed by atoms with Crippen LogP contribution in [0.1, 0.15) is 24.9 Å². The molecule has 0 fully saturated rings. The molecular formula is C14H19NO4. The van der Waals surface area contributed by atoms with Gasteiger partial charge in [-0.25, -0.2) is 4.79 Å². The van der Waals surface area contributed by atoms with Crippen molar-refractivity contribution >= 4 is 11.9 Å². The first kappa shape index (κ1) is 15.2. The summed E-state index contributed by atoms with van der Waals surface area (Å²) in [6, 6.07) is 8.69. The van der Waals surface area contributed by atoms with Gasteiger partial charge < -0.3 is 14.8 Å². The van der Waals surface area contributed by atoms with E-state index < -0.39 is 6.04 Å². The topological polar surface area (TPSA) is 64.6 Å². The van der Waals surface area contributed by atoms with Crippen LogP contribution in [-0.2, 0) is 19.1 Å². The molecule has 5 heteroatoms. The lowest BCUT2D eigenvalue weighted by Crippen LogP contribution is -2.32. The van der Waals surface area contributed by atoms with Gasteiger partial charge in [-0.1, -0.05) is 30.3 Å². The Morgan fingerprint density at radius 1 is 1.26 bits per heavy atom. The Hall–Kier alpha value is -1.88. The van der Waals surface area contributed by atoms with E-state index >= 15 is 0 Å². The average Bonchev–Trinajstić information content (AvgIpc) is 2.44. The van der Waals surface area contributed by atoms with Crippen molar-refractivity contribution in [3.05, 3.63) is 35.9 Å². The van der Waals surface area contributed by atoms with Crippen LogP contribution in [0.2, 0.25) is 0 Å². The van der Waals surface area contributed by atoms with E-state index in [1.807, 2.05) is 30.3 Å². The molecule has 1 rings (SSSR count). The monoisotopic (exact) mass is 265 g/mol. The molecule has 104 valence electrons. The molecule has 0 aliphatic rings. The highest BCUT2D eigenvalue weighted by Crippen LogP contribution is 2.14. The normalized spacial score (nSPS) is 11.7. The Balaban J connectivity index is 2.65. The molecule has 1 unspecified atom stereocenters. The first-order chi connectivity index (χ1) is 9.19. The molecule has 0 aromatic heterocycles. The van der Waals surface area contributed by atoms with Gasteiger partial charge in [-0.2, -0.15) is 0 Å². The number of rotatable bonds is 7. The van der Waals surface area contributed by atoms with Crippen molar-refractivity contribution in [3.8, 4) is 0 Å². The molecule has 19 heavy (non-hydrogen) atoms. The van der Waals surface area contributed by atoms with Crippen molar-refractivity contribution in [1.82, 2.24) is 5.32 Å². The minimum absolute atomic E-state index is 0.208. The van der Waals surface area contributed by atoms with Crippen LogP contribution >= 0.6 is 0 Å². The maximum absolute atomic E-state index is 11.9. The van der Waals surface area contributed by atoms with Crippen molar-refractivity contribution in [2.24, 2.45) is 0 Å². The molecule has 0 radical (unpaired) electrons. The summed E-state index contributed by atoms with van der Waals surface area (Å²) in [5, 5.41) is 3.01. The molecule has 1 aromatic rings. The Labute approximate surface area is 112 Å². The number of nitrogens with one attached hydrogen (secondary N) is 1. The smallest absolute Gasteiger partial charge is 0.327 e. The largest absolute Gasteiger partial charge is 0.469 e. The van der Waals surface area contributed by atoms with Crippen LogP contribution in [0.15, 0.2) is 30.3 Å². The molecule has 1 N–H and O–H groups in total.